The van der Waals surface area contributed by atoms with E-state index in [0.29, 0.717) is 33.3 Å². The Morgan fingerprint density at radius 1 is 0.537 bits per heavy atom. The fraction of sp³-hybridized carbons (Fsp3) is 0.444. The number of aliphatic hydroxyl groups excluding tert-OH is 1. The molecule has 4 rings (SSSR count). The van der Waals surface area contributed by atoms with Gasteiger partial charge in [-0.25, -0.2) is 4.79 Å². The number of aromatic hydroxyl groups is 2. The minimum Gasteiger partial charge on any atom is -0.508 e. The highest BCUT2D eigenvalue weighted by Crippen LogP contribution is 2.20. The van der Waals surface area contributed by atoms with Gasteiger partial charge >= 0.3 is 11.9 Å². The van der Waals surface area contributed by atoms with Crippen molar-refractivity contribution in [2.45, 2.75) is 121 Å². The molecule has 8 amide bonds. The third-order valence-corrected chi connectivity index (χ3v) is 13.5. The molecule has 4 aromatic rings. The van der Waals surface area contributed by atoms with Gasteiger partial charge in [0, 0.05) is 36.4 Å². The summed E-state index contributed by atoms with van der Waals surface area (Å²) in [6.07, 6.45) is 1.70. The fourth-order valence-corrected chi connectivity index (χ4v) is 8.54. The first-order valence-electron chi connectivity index (χ1n) is 25.7. The van der Waals surface area contributed by atoms with E-state index >= 15 is 0 Å². The second-order valence-corrected chi connectivity index (χ2v) is 20.8. The average Bonchev–Trinajstić information content (AvgIpc) is 3.83. The Balaban J connectivity index is 1.57. The van der Waals surface area contributed by atoms with Crippen molar-refractivity contribution in [3.8, 4) is 11.5 Å². The Kier molecular flexibility index (Phi) is 24.7. The van der Waals surface area contributed by atoms with E-state index in [1.807, 2.05) is 0 Å². The summed E-state index contributed by atoms with van der Waals surface area (Å²) in [5.74, 6) is -11.4. The standard InChI is InChI=1S/C54H72N10O15S/c1-27(2)44(55)52(76)57-29(5)46(70)59-40(23-32-25-56-36-10-8-7-9-35(32)36)49(73)61-41(24-43(68)69)50(74)63-42(26-65)51(75)64-45(28(3)4)53(77)62-39(22-31-13-17-34(67)18-14-31)48(72)60-38(21-30-11-15-33(66)16-12-30)47(71)58-37(54(78)79)19-20-80-6/h7-18,25,27-29,37-42,44-45,56,65-67H,19-24,26,55H2,1-6H3,(H,57,76)(H,58,71)(H,59,70)(H,60,72)(H,61,73)(H,62,77)(H,63,74)(H,64,75)(H,68,69)(H,78,79)/t29-,37-,38-,39-,40-,41-,42-,44-,45-/m0/s1. The highest BCUT2D eigenvalue weighted by atomic mass is 32.2. The Bertz CT molecular complexity index is 2810. The molecule has 0 bridgehead atoms. The minimum absolute atomic E-state index is 0.0532. The maximum absolute atomic E-state index is 14.3. The molecule has 0 aliphatic rings. The van der Waals surface area contributed by atoms with Gasteiger partial charge in [-0.05, 0) is 84.2 Å². The summed E-state index contributed by atoms with van der Waals surface area (Å²) in [6, 6.07) is 5.05. The predicted molar refractivity (Wildman–Crippen MR) is 294 cm³/mol. The molecular formula is C54H72N10O15S. The minimum atomic E-state index is -1.93. The van der Waals surface area contributed by atoms with Gasteiger partial charge in [0.15, 0.2) is 0 Å². The number of benzene rings is 3. The van der Waals surface area contributed by atoms with Gasteiger partial charge in [0.25, 0.3) is 0 Å². The summed E-state index contributed by atoms with van der Waals surface area (Å²) in [6.45, 7) is 6.72. The third-order valence-electron chi connectivity index (χ3n) is 12.8. The summed E-state index contributed by atoms with van der Waals surface area (Å²) in [7, 11) is 0. The predicted octanol–water partition coefficient (Wildman–Crippen LogP) is -0.551. The first-order chi connectivity index (χ1) is 37.8. The van der Waals surface area contributed by atoms with E-state index in [4.69, 9.17) is 5.73 Å². The number of phenolic OH excluding ortho intramolecular Hbond substituents is 2. The number of H-pyrrole nitrogens is 1. The summed E-state index contributed by atoms with van der Waals surface area (Å²) in [4.78, 5) is 138. The van der Waals surface area contributed by atoms with E-state index in [0.717, 1.165) is 0 Å². The number of carboxylic acid groups (broad SMARTS) is 2. The van der Waals surface area contributed by atoms with Gasteiger partial charge in [-0.2, -0.15) is 11.8 Å². The molecule has 80 heavy (non-hydrogen) atoms. The molecule has 0 spiro atoms. The molecule has 0 saturated carbocycles. The van der Waals surface area contributed by atoms with E-state index < -0.39 is 133 Å². The number of nitrogens with one attached hydrogen (secondary N) is 9. The number of rotatable bonds is 31. The Labute approximate surface area is 465 Å². The maximum atomic E-state index is 14.3. The highest BCUT2D eigenvalue weighted by Gasteiger charge is 2.36. The normalized spacial score (nSPS) is 14.6. The van der Waals surface area contributed by atoms with E-state index in [1.165, 1.54) is 81.1 Å². The van der Waals surface area contributed by atoms with Crippen LogP contribution >= 0.6 is 11.8 Å². The lowest BCUT2D eigenvalue weighted by Gasteiger charge is -2.29. The third kappa shape index (κ3) is 19.6. The van der Waals surface area contributed by atoms with Crippen LogP contribution in [0.3, 0.4) is 0 Å². The number of hydrogen-bond acceptors (Lipinski definition) is 15. The van der Waals surface area contributed by atoms with E-state index in [-0.39, 0.29) is 43.1 Å². The molecule has 25 nitrogen and oxygen atoms in total. The van der Waals surface area contributed by atoms with Gasteiger partial charge in [0.1, 0.15) is 59.8 Å². The van der Waals surface area contributed by atoms with E-state index in [1.54, 1.807) is 50.6 Å². The summed E-state index contributed by atoms with van der Waals surface area (Å²) < 4.78 is 0. The first-order valence-corrected chi connectivity index (χ1v) is 27.0. The van der Waals surface area contributed by atoms with E-state index in [2.05, 4.69) is 47.5 Å². The molecular weight excluding hydrogens is 1060 g/mol. The fourth-order valence-electron chi connectivity index (χ4n) is 8.07. The monoisotopic (exact) mass is 1130 g/mol. The van der Waals surface area contributed by atoms with Gasteiger partial charge < -0.3 is 78.8 Å². The number of aliphatic hydroxyl groups is 1. The number of fused-ring (bicyclic) bond motifs is 1. The molecule has 1 aromatic heterocycles. The van der Waals surface area contributed by atoms with Crippen molar-refractivity contribution in [1.29, 1.82) is 0 Å². The number of aliphatic carboxylic acids is 2. The second kappa shape index (κ2) is 30.8. The van der Waals surface area contributed by atoms with Crippen LogP contribution in [0, 0.1) is 11.8 Å². The highest BCUT2D eigenvalue weighted by molar-refractivity contribution is 7.98. The van der Waals surface area contributed by atoms with Crippen LogP contribution in [-0.2, 0) is 67.2 Å². The topological polar surface area (TPSA) is 410 Å². The molecule has 16 N–H and O–H groups in total. The summed E-state index contributed by atoms with van der Waals surface area (Å²) in [5.41, 5.74) is 8.06. The number of carboxylic acids is 2. The second-order valence-electron chi connectivity index (χ2n) is 19.8. The van der Waals surface area contributed by atoms with Crippen molar-refractivity contribution in [2.75, 3.05) is 18.6 Å². The van der Waals surface area contributed by atoms with Crippen molar-refractivity contribution in [3.63, 3.8) is 0 Å². The number of nitrogens with two attached hydrogens (primary N) is 1. The van der Waals surface area contributed by atoms with Crippen LogP contribution in [0.1, 0.15) is 64.2 Å². The van der Waals surface area contributed by atoms with Gasteiger partial charge in [-0.3, -0.25) is 43.2 Å². The number of phenols is 2. The molecule has 1 heterocycles. The van der Waals surface area contributed by atoms with Crippen LogP contribution in [0.5, 0.6) is 11.5 Å². The van der Waals surface area contributed by atoms with Crippen molar-refractivity contribution in [3.05, 3.63) is 95.7 Å². The zero-order chi connectivity index (χ0) is 59.4. The summed E-state index contributed by atoms with van der Waals surface area (Å²) >= 11 is 1.36. The van der Waals surface area contributed by atoms with Crippen LogP contribution in [0.25, 0.3) is 10.9 Å². The van der Waals surface area contributed by atoms with Crippen LogP contribution < -0.4 is 48.3 Å². The molecule has 9 atom stereocenters. The molecule has 0 aliphatic heterocycles. The zero-order valence-corrected chi connectivity index (χ0v) is 45.9. The largest absolute Gasteiger partial charge is 0.508 e. The first kappa shape index (κ1) is 64.3. The van der Waals surface area contributed by atoms with Crippen LogP contribution in [0.2, 0.25) is 0 Å². The number of thioether (sulfide) groups is 1. The number of para-hydroxylation sites is 1. The van der Waals surface area contributed by atoms with Gasteiger partial charge in [0.05, 0.1) is 19.1 Å². The Hall–Kier alpha value is -8.23. The quantitative estimate of drug-likeness (QED) is 0.0301. The molecule has 0 unspecified atom stereocenters. The number of aromatic nitrogens is 1. The van der Waals surface area contributed by atoms with Crippen LogP contribution in [0.15, 0.2) is 79.0 Å². The van der Waals surface area contributed by atoms with E-state index in [9.17, 15) is 73.5 Å². The molecule has 0 aliphatic carbocycles. The van der Waals surface area contributed by atoms with Crippen molar-refractivity contribution in [2.24, 2.45) is 17.6 Å². The number of hydrogen-bond donors (Lipinski definition) is 15. The average molecular weight is 1130 g/mol. The number of carbonyl (C=O) groups excluding carboxylic acids is 8. The van der Waals surface area contributed by atoms with Gasteiger partial charge in [-0.1, -0.05) is 70.2 Å². The lowest BCUT2D eigenvalue weighted by Crippen LogP contribution is -2.62. The van der Waals surface area contributed by atoms with Crippen molar-refractivity contribution < 1.29 is 73.5 Å². The smallest absolute Gasteiger partial charge is 0.326 e. The van der Waals surface area contributed by atoms with Gasteiger partial charge in [-0.15, -0.1) is 0 Å². The molecule has 26 heteroatoms. The molecule has 434 valence electrons. The SMILES string of the molecule is CSCC[C@H](NC(=O)[C@H](Cc1ccc(O)cc1)NC(=O)[C@H](Cc1ccc(O)cc1)NC(=O)[C@@H](NC(=O)[C@H](CO)NC(=O)[C@H](CC(=O)O)NC(=O)[C@H](Cc1c[nH]c2ccccc12)NC(=O)[C@H](C)NC(=O)[C@@H](N)C(C)C)C(C)C)C(=O)O. The lowest BCUT2D eigenvalue weighted by atomic mass is 9.99. The number of aromatic amines is 1. The van der Waals surface area contributed by atoms with Crippen LogP contribution in [-0.4, -0.2) is 163 Å². The Morgan fingerprint density at radius 3 is 1.50 bits per heavy atom. The van der Waals surface area contributed by atoms with Gasteiger partial charge in [0.2, 0.25) is 47.3 Å². The number of amides is 8. The van der Waals surface area contributed by atoms with Crippen LogP contribution in [0.4, 0.5) is 0 Å². The lowest BCUT2D eigenvalue weighted by molar-refractivity contribution is -0.142. The van der Waals surface area contributed by atoms with Crippen molar-refractivity contribution >= 4 is 81.9 Å². The molecule has 0 radical (unpaired) electrons. The molecule has 0 saturated heterocycles. The number of carbonyl (C=O) groups is 10. The molecule has 3 aromatic carbocycles. The zero-order valence-electron chi connectivity index (χ0n) is 45.1. The molecule has 0 fully saturated rings. The maximum Gasteiger partial charge on any atom is 0.326 e. The summed E-state index contributed by atoms with van der Waals surface area (Å²) in [5, 5.41) is 70.4. The Morgan fingerprint density at radius 2 is 1.00 bits per heavy atom. The van der Waals surface area contributed by atoms with Crippen molar-refractivity contribution in [1.82, 2.24) is 47.5 Å².